The van der Waals surface area contributed by atoms with E-state index in [9.17, 15) is 13.6 Å². The zero-order valence-corrected chi connectivity index (χ0v) is 15.5. The van der Waals surface area contributed by atoms with Crippen molar-refractivity contribution in [1.29, 1.82) is 0 Å². The van der Waals surface area contributed by atoms with Crippen LogP contribution in [0.2, 0.25) is 0 Å². The minimum Gasteiger partial charge on any atom is -0.382 e. The number of amides is 2. The number of rotatable bonds is 7. The number of urea groups is 1. The van der Waals surface area contributed by atoms with Crippen molar-refractivity contribution in [2.24, 2.45) is 0 Å². The van der Waals surface area contributed by atoms with E-state index in [-0.39, 0.29) is 12.3 Å². The number of hydrogen-bond donors (Lipinski definition) is 1. The lowest BCUT2D eigenvalue weighted by atomic mass is 10.0. The Morgan fingerprint density at radius 2 is 2.21 bits per heavy atom. The first-order valence-corrected chi connectivity index (χ1v) is 9.00. The van der Waals surface area contributed by atoms with Crippen LogP contribution < -0.4 is 5.32 Å². The van der Waals surface area contributed by atoms with Crippen LogP contribution in [0.4, 0.5) is 19.3 Å². The molecular weight excluding hydrogens is 374 g/mol. The Kier molecular flexibility index (Phi) is 6.88. The van der Waals surface area contributed by atoms with Gasteiger partial charge in [-0.25, -0.2) is 13.6 Å². The molecule has 1 aromatic carbocycles. The molecule has 1 aliphatic heterocycles. The van der Waals surface area contributed by atoms with Crippen LogP contribution in [0.3, 0.4) is 0 Å². The van der Waals surface area contributed by atoms with Crippen LogP contribution in [0.25, 0.3) is 0 Å². The Bertz CT molecular complexity index is 802. The number of carbonyl (C=O) groups excluding carboxylic acids is 1. The Morgan fingerprint density at radius 1 is 1.36 bits per heavy atom. The average molecular weight is 396 g/mol. The predicted molar refractivity (Wildman–Crippen MR) is 94.5 cm³/mol. The summed E-state index contributed by atoms with van der Waals surface area (Å²) in [6.45, 7) is 1.47. The van der Waals surface area contributed by atoms with Crippen LogP contribution in [-0.2, 0) is 16.1 Å². The van der Waals surface area contributed by atoms with E-state index in [0.717, 1.165) is 25.0 Å². The highest BCUT2D eigenvalue weighted by Gasteiger charge is 2.32. The zero-order chi connectivity index (χ0) is 19.9. The van der Waals surface area contributed by atoms with Gasteiger partial charge < -0.3 is 24.2 Å². The van der Waals surface area contributed by atoms with Gasteiger partial charge in [0.05, 0.1) is 24.9 Å². The molecule has 3 rings (SSSR count). The van der Waals surface area contributed by atoms with Gasteiger partial charge in [-0.3, -0.25) is 0 Å². The van der Waals surface area contributed by atoms with Gasteiger partial charge >= 0.3 is 6.03 Å². The van der Waals surface area contributed by atoms with E-state index < -0.39 is 23.7 Å². The Balaban J connectivity index is 1.66. The van der Waals surface area contributed by atoms with E-state index in [4.69, 9.17) is 14.0 Å². The molecule has 1 fully saturated rings. The topological polar surface area (TPSA) is 89.7 Å². The maximum atomic E-state index is 13.8. The summed E-state index contributed by atoms with van der Waals surface area (Å²) in [7, 11) is 1.58. The first kappa shape index (κ1) is 20.2. The van der Waals surface area contributed by atoms with Crippen molar-refractivity contribution in [2.75, 3.05) is 32.2 Å². The molecule has 2 aromatic rings. The van der Waals surface area contributed by atoms with Crippen LogP contribution in [-0.4, -0.2) is 47.9 Å². The number of anilines is 1. The number of likely N-dealkylation sites (tertiary alicyclic amines) is 1. The number of benzene rings is 1. The van der Waals surface area contributed by atoms with Crippen molar-refractivity contribution >= 4 is 11.7 Å². The highest BCUT2D eigenvalue weighted by atomic mass is 19.1. The lowest BCUT2D eigenvalue weighted by molar-refractivity contribution is 0.0494. The molecule has 1 aliphatic rings. The summed E-state index contributed by atoms with van der Waals surface area (Å²) in [6.07, 6.45) is 2.36. The summed E-state index contributed by atoms with van der Waals surface area (Å²) in [5.74, 6) is -0.864. The molecule has 10 heteroatoms. The fourth-order valence-electron chi connectivity index (χ4n) is 2.98. The molecule has 1 N–H and O–H groups in total. The minimum absolute atomic E-state index is 0.0870. The molecule has 2 heterocycles. The van der Waals surface area contributed by atoms with Gasteiger partial charge in [-0.15, -0.1) is 0 Å². The lowest BCUT2D eigenvalue weighted by Gasteiger charge is -2.33. The summed E-state index contributed by atoms with van der Waals surface area (Å²) >= 11 is 0. The molecule has 1 atom stereocenters. The molecule has 0 bridgehead atoms. The van der Waals surface area contributed by atoms with Gasteiger partial charge in [-0.1, -0.05) is 5.16 Å². The zero-order valence-electron chi connectivity index (χ0n) is 15.5. The van der Waals surface area contributed by atoms with Crippen LogP contribution >= 0.6 is 0 Å². The number of nitrogens with zero attached hydrogens (tertiary/aromatic N) is 3. The summed E-state index contributed by atoms with van der Waals surface area (Å²) in [6, 6.07) is 2.09. The standard InChI is InChI=1S/C18H22F2N4O4/c1-26-8-9-27-11-16-22-17(23-28-16)15-4-2-3-7-24(15)18(25)21-14-6-5-12(19)10-13(14)20/h5-6,10,15H,2-4,7-9,11H2,1H3,(H,21,25). The second-order valence-electron chi connectivity index (χ2n) is 6.35. The van der Waals surface area contributed by atoms with Crippen LogP contribution in [0.1, 0.15) is 37.0 Å². The van der Waals surface area contributed by atoms with E-state index in [2.05, 4.69) is 15.5 Å². The predicted octanol–water partition coefficient (Wildman–Crippen LogP) is 3.27. The molecule has 1 aromatic heterocycles. The van der Waals surface area contributed by atoms with Crippen molar-refractivity contribution in [1.82, 2.24) is 15.0 Å². The molecule has 1 unspecified atom stereocenters. The Labute approximate surface area is 160 Å². The third kappa shape index (κ3) is 5.02. The van der Waals surface area contributed by atoms with E-state index in [1.54, 1.807) is 7.11 Å². The van der Waals surface area contributed by atoms with E-state index in [0.29, 0.717) is 37.9 Å². The maximum Gasteiger partial charge on any atom is 0.322 e. The number of ether oxygens (including phenoxy) is 2. The van der Waals surface area contributed by atoms with Crippen molar-refractivity contribution in [3.8, 4) is 0 Å². The molecule has 0 spiro atoms. The molecule has 8 nitrogen and oxygen atoms in total. The SMILES string of the molecule is COCCOCc1nc(C2CCCCN2C(=O)Nc2ccc(F)cc2F)no1. The number of piperidine rings is 1. The number of carbonyl (C=O) groups is 1. The Hall–Kier alpha value is -2.59. The van der Waals surface area contributed by atoms with E-state index in [1.165, 1.54) is 11.0 Å². The quantitative estimate of drug-likeness (QED) is 0.723. The molecule has 0 radical (unpaired) electrons. The normalized spacial score (nSPS) is 17.0. The van der Waals surface area contributed by atoms with Crippen molar-refractivity contribution in [2.45, 2.75) is 31.9 Å². The molecule has 1 saturated heterocycles. The first-order chi connectivity index (χ1) is 13.6. The van der Waals surface area contributed by atoms with Gasteiger partial charge in [0.15, 0.2) is 5.82 Å². The summed E-state index contributed by atoms with van der Waals surface area (Å²) in [4.78, 5) is 18.5. The fourth-order valence-corrected chi connectivity index (χ4v) is 2.98. The number of halogens is 2. The first-order valence-electron chi connectivity index (χ1n) is 9.00. The van der Waals surface area contributed by atoms with E-state index >= 15 is 0 Å². The second-order valence-corrected chi connectivity index (χ2v) is 6.35. The summed E-state index contributed by atoms with van der Waals surface area (Å²) in [5.41, 5.74) is -0.0870. The van der Waals surface area contributed by atoms with Gasteiger partial charge in [0.1, 0.15) is 18.2 Å². The number of hydrogen-bond acceptors (Lipinski definition) is 6. The molecule has 0 aliphatic carbocycles. The molecular formula is C18H22F2N4O4. The van der Waals surface area contributed by atoms with Crippen LogP contribution in [0.15, 0.2) is 22.7 Å². The second kappa shape index (κ2) is 9.56. The number of nitrogens with one attached hydrogen (secondary N) is 1. The third-order valence-electron chi connectivity index (χ3n) is 4.38. The van der Waals surface area contributed by atoms with Crippen LogP contribution in [0.5, 0.6) is 0 Å². The largest absolute Gasteiger partial charge is 0.382 e. The van der Waals surface area contributed by atoms with Crippen molar-refractivity contribution in [3.05, 3.63) is 41.5 Å². The molecule has 28 heavy (non-hydrogen) atoms. The highest BCUT2D eigenvalue weighted by Crippen LogP contribution is 2.30. The van der Waals surface area contributed by atoms with Gasteiger partial charge in [0.2, 0.25) is 0 Å². The lowest BCUT2D eigenvalue weighted by Crippen LogP contribution is -2.41. The number of aromatic nitrogens is 2. The summed E-state index contributed by atoms with van der Waals surface area (Å²) < 4.78 is 42.3. The monoisotopic (exact) mass is 396 g/mol. The average Bonchev–Trinajstić information content (AvgIpc) is 3.16. The Morgan fingerprint density at radius 3 is 3.00 bits per heavy atom. The molecule has 152 valence electrons. The highest BCUT2D eigenvalue weighted by molar-refractivity contribution is 5.89. The van der Waals surface area contributed by atoms with Crippen molar-refractivity contribution in [3.63, 3.8) is 0 Å². The van der Waals surface area contributed by atoms with Gasteiger partial charge in [-0.2, -0.15) is 4.98 Å². The fraction of sp³-hybridized carbons (Fsp3) is 0.500. The number of methoxy groups -OCH3 is 1. The van der Waals surface area contributed by atoms with E-state index in [1.807, 2.05) is 0 Å². The van der Waals surface area contributed by atoms with Gasteiger partial charge in [0.25, 0.3) is 5.89 Å². The molecule has 2 amide bonds. The van der Waals surface area contributed by atoms with Gasteiger partial charge in [-0.05, 0) is 31.4 Å². The maximum absolute atomic E-state index is 13.8. The van der Waals surface area contributed by atoms with Crippen LogP contribution in [0, 0.1) is 11.6 Å². The summed E-state index contributed by atoms with van der Waals surface area (Å²) in [5, 5.41) is 6.45. The smallest absolute Gasteiger partial charge is 0.322 e. The van der Waals surface area contributed by atoms with Crippen molar-refractivity contribution < 1.29 is 27.6 Å². The molecule has 0 saturated carbocycles. The third-order valence-corrected chi connectivity index (χ3v) is 4.38. The van der Waals surface area contributed by atoms with Gasteiger partial charge in [0, 0.05) is 19.7 Å². The minimum atomic E-state index is -0.836.